The lowest BCUT2D eigenvalue weighted by atomic mass is 10.0. The van der Waals surface area contributed by atoms with Crippen molar-refractivity contribution in [1.82, 2.24) is 9.97 Å². The minimum Gasteiger partial charge on any atom is -0.288 e. The molecule has 0 spiro atoms. The number of rotatable bonds is 4. The quantitative estimate of drug-likeness (QED) is 0.236. The number of halogens is 6. The second-order valence-corrected chi connectivity index (χ2v) is 7.35. The summed E-state index contributed by atoms with van der Waals surface area (Å²) in [5.41, 5.74) is -0.213. The molecule has 0 aliphatic heterocycles. The Kier molecular flexibility index (Phi) is 5.95. The molecule has 0 unspecified atom stereocenters. The lowest BCUT2D eigenvalue weighted by Gasteiger charge is -2.09. The average Bonchev–Trinajstić information content (AvgIpc) is 2.83. The predicted octanol–water partition coefficient (Wildman–Crippen LogP) is 7.08. The van der Waals surface area contributed by atoms with Gasteiger partial charge in [0.2, 0.25) is 0 Å². The topological polar surface area (TPSA) is 42.9 Å². The first-order chi connectivity index (χ1) is 16.0. The highest BCUT2D eigenvalue weighted by molar-refractivity contribution is 6.08. The van der Waals surface area contributed by atoms with Crippen LogP contribution in [0.5, 0.6) is 0 Å². The van der Waals surface area contributed by atoms with Gasteiger partial charge in [-0.15, -0.1) is 0 Å². The summed E-state index contributed by atoms with van der Waals surface area (Å²) in [5.74, 6) is -0.439. The van der Waals surface area contributed by atoms with Gasteiger partial charge in [0.25, 0.3) is 0 Å². The summed E-state index contributed by atoms with van der Waals surface area (Å²) in [4.78, 5) is 20.9. The van der Waals surface area contributed by atoms with Gasteiger partial charge in [0.15, 0.2) is 5.78 Å². The van der Waals surface area contributed by atoms with Crippen molar-refractivity contribution in [1.29, 1.82) is 0 Å². The van der Waals surface area contributed by atoms with Gasteiger partial charge in [-0.05, 0) is 48.5 Å². The van der Waals surface area contributed by atoms with Crippen LogP contribution in [0.4, 0.5) is 26.3 Å². The SMILES string of the molecule is O=C(c1ccc(-c2cccc(C(F)(F)F)c2)nc1)c1ccc(-c2cccc(C(F)(F)F)c2)nc1. The van der Waals surface area contributed by atoms with Crippen molar-refractivity contribution in [2.45, 2.75) is 12.4 Å². The fraction of sp³-hybridized carbons (Fsp3) is 0.0800. The van der Waals surface area contributed by atoms with Gasteiger partial charge >= 0.3 is 12.4 Å². The van der Waals surface area contributed by atoms with E-state index in [-0.39, 0.29) is 33.6 Å². The van der Waals surface area contributed by atoms with Gasteiger partial charge < -0.3 is 0 Å². The van der Waals surface area contributed by atoms with Crippen LogP contribution in [0.1, 0.15) is 27.0 Å². The molecule has 0 amide bonds. The second-order valence-electron chi connectivity index (χ2n) is 7.35. The predicted molar refractivity (Wildman–Crippen MR) is 113 cm³/mol. The summed E-state index contributed by atoms with van der Waals surface area (Å²) in [6.45, 7) is 0. The molecular formula is C25H14F6N2O. The number of hydrogen-bond donors (Lipinski definition) is 0. The van der Waals surface area contributed by atoms with Crippen LogP contribution in [0.25, 0.3) is 22.5 Å². The Morgan fingerprint density at radius 3 is 1.32 bits per heavy atom. The van der Waals surface area contributed by atoms with Crippen LogP contribution in [0, 0.1) is 0 Å². The zero-order valence-electron chi connectivity index (χ0n) is 17.2. The molecule has 4 aromatic rings. The van der Waals surface area contributed by atoms with Gasteiger partial charge in [0.05, 0.1) is 22.5 Å². The van der Waals surface area contributed by atoms with E-state index >= 15 is 0 Å². The maximum atomic E-state index is 12.9. The molecule has 4 rings (SSSR count). The molecule has 0 N–H and O–H groups in total. The molecule has 0 aliphatic carbocycles. The highest BCUT2D eigenvalue weighted by Crippen LogP contribution is 2.33. The Hall–Kier alpha value is -4.01. The largest absolute Gasteiger partial charge is 0.416 e. The molecule has 172 valence electrons. The van der Waals surface area contributed by atoms with Crippen LogP contribution in [0.3, 0.4) is 0 Å². The first-order valence-corrected chi connectivity index (χ1v) is 9.84. The van der Waals surface area contributed by atoms with Crippen molar-refractivity contribution < 1.29 is 31.1 Å². The fourth-order valence-corrected chi connectivity index (χ4v) is 3.27. The number of pyridine rings is 2. The number of benzene rings is 2. The third kappa shape index (κ3) is 4.98. The molecule has 0 bridgehead atoms. The Labute approximate surface area is 189 Å². The van der Waals surface area contributed by atoms with E-state index in [0.717, 1.165) is 24.3 Å². The number of carbonyl (C=O) groups is 1. The molecule has 0 saturated heterocycles. The monoisotopic (exact) mass is 472 g/mol. The zero-order chi connectivity index (χ0) is 24.5. The zero-order valence-corrected chi connectivity index (χ0v) is 17.2. The van der Waals surface area contributed by atoms with Crippen LogP contribution in [-0.2, 0) is 12.4 Å². The Bertz CT molecular complexity index is 1220. The molecule has 0 radical (unpaired) electrons. The van der Waals surface area contributed by atoms with E-state index < -0.39 is 29.3 Å². The van der Waals surface area contributed by atoms with E-state index in [9.17, 15) is 31.1 Å². The third-order valence-corrected chi connectivity index (χ3v) is 5.02. The van der Waals surface area contributed by atoms with Crippen LogP contribution >= 0.6 is 0 Å². The summed E-state index contributed by atoms with van der Waals surface area (Å²) in [6, 6.07) is 15.1. The first-order valence-electron chi connectivity index (χ1n) is 9.84. The summed E-state index contributed by atoms with van der Waals surface area (Å²) in [7, 11) is 0. The molecule has 3 nitrogen and oxygen atoms in total. The average molecular weight is 472 g/mol. The normalized spacial score (nSPS) is 11.9. The molecule has 0 fully saturated rings. The van der Waals surface area contributed by atoms with Crippen LogP contribution in [-0.4, -0.2) is 15.8 Å². The van der Waals surface area contributed by atoms with Gasteiger partial charge in [0.1, 0.15) is 0 Å². The van der Waals surface area contributed by atoms with E-state index in [0.29, 0.717) is 0 Å². The number of carbonyl (C=O) groups excluding carboxylic acids is 1. The summed E-state index contributed by atoms with van der Waals surface area (Å²) >= 11 is 0. The fourth-order valence-electron chi connectivity index (χ4n) is 3.27. The summed E-state index contributed by atoms with van der Waals surface area (Å²) in [6.07, 6.45) is -6.48. The first kappa shape index (κ1) is 23.2. The molecular weight excluding hydrogens is 458 g/mol. The van der Waals surface area contributed by atoms with Crippen LogP contribution in [0.2, 0.25) is 0 Å². The van der Waals surface area contributed by atoms with E-state index in [1.807, 2.05) is 0 Å². The molecule has 2 aromatic carbocycles. The summed E-state index contributed by atoms with van der Waals surface area (Å²) < 4.78 is 77.6. The highest BCUT2D eigenvalue weighted by Gasteiger charge is 2.31. The minimum absolute atomic E-state index is 0.185. The standard InChI is InChI=1S/C25H14F6N2O/c26-24(27,28)19-5-1-3-15(11-19)21-9-7-17(13-32-21)23(34)18-8-10-22(33-14-18)16-4-2-6-20(12-16)25(29,30)31/h1-14H. The van der Waals surface area contributed by atoms with Gasteiger partial charge in [0, 0.05) is 34.6 Å². The number of aromatic nitrogens is 2. The smallest absolute Gasteiger partial charge is 0.288 e. The lowest BCUT2D eigenvalue weighted by molar-refractivity contribution is -0.138. The van der Waals surface area contributed by atoms with E-state index in [1.165, 1.54) is 60.9 Å². The number of ketones is 1. The van der Waals surface area contributed by atoms with Crippen molar-refractivity contribution in [3.63, 3.8) is 0 Å². The third-order valence-electron chi connectivity index (χ3n) is 5.02. The van der Waals surface area contributed by atoms with Crippen LogP contribution in [0.15, 0.2) is 85.2 Å². The molecule has 0 aliphatic rings. The Morgan fingerprint density at radius 2 is 1.00 bits per heavy atom. The molecule has 2 heterocycles. The van der Waals surface area contributed by atoms with Gasteiger partial charge in [-0.2, -0.15) is 26.3 Å². The minimum atomic E-state index is -4.49. The summed E-state index contributed by atoms with van der Waals surface area (Å²) in [5, 5.41) is 0. The second kappa shape index (κ2) is 8.74. The van der Waals surface area contributed by atoms with Gasteiger partial charge in [-0.3, -0.25) is 14.8 Å². The number of hydrogen-bond acceptors (Lipinski definition) is 3. The van der Waals surface area contributed by atoms with Crippen molar-refractivity contribution in [3.05, 3.63) is 107 Å². The van der Waals surface area contributed by atoms with Gasteiger partial charge in [-0.1, -0.05) is 24.3 Å². The Morgan fingerprint density at radius 1 is 0.588 bits per heavy atom. The molecule has 34 heavy (non-hydrogen) atoms. The van der Waals surface area contributed by atoms with Crippen molar-refractivity contribution in [3.8, 4) is 22.5 Å². The number of nitrogens with zero attached hydrogens (tertiary/aromatic N) is 2. The maximum absolute atomic E-state index is 12.9. The van der Waals surface area contributed by atoms with E-state index in [2.05, 4.69) is 9.97 Å². The highest BCUT2D eigenvalue weighted by atomic mass is 19.4. The molecule has 0 saturated carbocycles. The van der Waals surface area contributed by atoms with Crippen molar-refractivity contribution in [2.75, 3.05) is 0 Å². The molecule has 0 atom stereocenters. The van der Waals surface area contributed by atoms with Gasteiger partial charge in [-0.25, -0.2) is 0 Å². The molecule has 2 aromatic heterocycles. The van der Waals surface area contributed by atoms with Crippen molar-refractivity contribution in [2.24, 2.45) is 0 Å². The number of alkyl halides is 6. The lowest BCUT2D eigenvalue weighted by Crippen LogP contribution is -2.05. The maximum Gasteiger partial charge on any atom is 0.416 e. The van der Waals surface area contributed by atoms with Crippen molar-refractivity contribution >= 4 is 5.78 Å². The van der Waals surface area contributed by atoms with E-state index in [4.69, 9.17) is 0 Å². The van der Waals surface area contributed by atoms with Crippen LogP contribution < -0.4 is 0 Å². The molecule has 9 heteroatoms. The van der Waals surface area contributed by atoms with E-state index in [1.54, 1.807) is 0 Å². The Balaban J connectivity index is 1.54.